The second-order valence-corrected chi connectivity index (χ2v) is 7.57. The van der Waals surface area contributed by atoms with Crippen molar-refractivity contribution in [2.24, 2.45) is 0 Å². The lowest BCUT2D eigenvalue weighted by Gasteiger charge is -2.34. The average Bonchev–Trinajstić information content (AvgIpc) is 2.78. The average molecular weight is 322 g/mol. The summed E-state index contributed by atoms with van der Waals surface area (Å²) in [7, 11) is 0. The molecule has 0 aromatic rings. The first-order chi connectivity index (χ1) is 11.0. The molecule has 2 aliphatic heterocycles. The summed E-state index contributed by atoms with van der Waals surface area (Å²) in [6, 6.07) is 0.840. The zero-order valence-corrected chi connectivity index (χ0v) is 15.1. The molecular formula is C19H35N3O. The Morgan fingerprint density at radius 2 is 1.74 bits per heavy atom. The van der Waals surface area contributed by atoms with Crippen LogP contribution in [0.3, 0.4) is 0 Å². The number of hydrogen-bond donors (Lipinski definition) is 1. The SMILES string of the molecule is C=C(C)CN1CCC(N[C@H](C)CC(=O)N2CCCCCC2)CC1. The Hall–Kier alpha value is -0.870. The Balaban J connectivity index is 1.67. The maximum absolute atomic E-state index is 12.4. The van der Waals surface area contributed by atoms with Gasteiger partial charge in [0.15, 0.2) is 0 Å². The van der Waals surface area contributed by atoms with Crippen molar-refractivity contribution in [1.29, 1.82) is 0 Å². The van der Waals surface area contributed by atoms with Crippen molar-refractivity contribution < 1.29 is 4.79 Å². The van der Waals surface area contributed by atoms with Crippen LogP contribution >= 0.6 is 0 Å². The summed E-state index contributed by atoms with van der Waals surface area (Å²) >= 11 is 0. The van der Waals surface area contributed by atoms with Crippen LogP contribution < -0.4 is 5.32 Å². The van der Waals surface area contributed by atoms with Gasteiger partial charge in [0.2, 0.25) is 5.91 Å². The van der Waals surface area contributed by atoms with E-state index in [2.05, 4.69) is 35.5 Å². The lowest BCUT2D eigenvalue weighted by Crippen LogP contribution is -2.47. The fraction of sp³-hybridized carbons (Fsp3) is 0.842. The van der Waals surface area contributed by atoms with E-state index in [0.717, 1.165) is 32.7 Å². The normalized spacial score (nSPS) is 22.6. The molecule has 0 bridgehead atoms. The molecule has 23 heavy (non-hydrogen) atoms. The van der Waals surface area contributed by atoms with Gasteiger partial charge in [-0.05, 0) is 52.6 Å². The molecule has 0 aromatic heterocycles. The summed E-state index contributed by atoms with van der Waals surface area (Å²) in [5, 5.41) is 3.68. The van der Waals surface area contributed by atoms with Crippen molar-refractivity contribution >= 4 is 5.91 Å². The van der Waals surface area contributed by atoms with Crippen LogP contribution in [0.1, 0.15) is 58.8 Å². The van der Waals surface area contributed by atoms with Gasteiger partial charge in [-0.3, -0.25) is 9.69 Å². The maximum Gasteiger partial charge on any atom is 0.224 e. The number of hydrogen-bond acceptors (Lipinski definition) is 3. The first-order valence-electron chi connectivity index (χ1n) is 9.45. The van der Waals surface area contributed by atoms with Gasteiger partial charge in [0, 0.05) is 38.1 Å². The molecule has 2 aliphatic rings. The van der Waals surface area contributed by atoms with E-state index in [1.807, 2.05) is 0 Å². The minimum Gasteiger partial charge on any atom is -0.343 e. The molecule has 4 nitrogen and oxygen atoms in total. The summed E-state index contributed by atoms with van der Waals surface area (Å²) in [5.41, 5.74) is 1.24. The Bertz CT molecular complexity index is 380. The summed E-state index contributed by atoms with van der Waals surface area (Å²) in [6.45, 7) is 13.5. The van der Waals surface area contributed by atoms with Gasteiger partial charge in [0.25, 0.3) is 0 Å². The third-order valence-corrected chi connectivity index (χ3v) is 5.04. The van der Waals surface area contributed by atoms with Crippen LogP contribution in [0.4, 0.5) is 0 Å². The van der Waals surface area contributed by atoms with Crippen molar-refractivity contribution in [2.45, 2.75) is 70.9 Å². The first-order valence-corrected chi connectivity index (χ1v) is 9.45. The second-order valence-electron chi connectivity index (χ2n) is 7.57. The molecule has 2 heterocycles. The Kier molecular flexibility index (Phi) is 7.57. The summed E-state index contributed by atoms with van der Waals surface area (Å²) < 4.78 is 0. The molecule has 1 amide bonds. The van der Waals surface area contributed by atoms with Crippen LogP contribution in [0.2, 0.25) is 0 Å². The molecule has 4 heteroatoms. The van der Waals surface area contributed by atoms with E-state index in [1.54, 1.807) is 0 Å². The molecule has 0 spiro atoms. The molecule has 0 aromatic carbocycles. The molecule has 0 unspecified atom stereocenters. The number of carbonyl (C=O) groups excluding carboxylic acids is 1. The van der Waals surface area contributed by atoms with E-state index in [9.17, 15) is 4.79 Å². The van der Waals surface area contributed by atoms with Crippen LogP contribution in [0, 0.1) is 0 Å². The number of carbonyl (C=O) groups is 1. The molecule has 2 fully saturated rings. The molecule has 0 saturated carbocycles. The highest BCUT2D eigenvalue weighted by molar-refractivity contribution is 5.76. The third kappa shape index (κ3) is 6.64. The van der Waals surface area contributed by atoms with Crippen molar-refractivity contribution in [2.75, 3.05) is 32.7 Å². The molecule has 132 valence electrons. The molecule has 2 saturated heterocycles. The zero-order chi connectivity index (χ0) is 16.7. The molecular weight excluding hydrogens is 286 g/mol. The van der Waals surface area contributed by atoms with E-state index < -0.39 is 0 Å². The second kappa shape index (κ2) is 9.43. The van der Waals surface area contributed by atoms with E-state index in [0.29, 0.717) is 18.4 Å². The van der Waals surface area contributed by atoms with Crippen LogP contribution in [0.25, 0.3) is 0 Å². The van der Waals surface area contributed by atoms with Crippen LogP contribution in [-0.4, -0.2) is 60.5 Å². The van der Waals surface area contributed by atoms with Gasteiger partial charge in [0.1, 0.15) is 0 Å². The number of amides is 1. The molecule has 1 N–H and O–H groups in total. The fourth-order valence-corrected chi connectivity index (χ4v) is 3.81. The predicted molar refractivity (Wildman–Crippen MR) is 96.5 cm³/mol. The Morgan fingerprint density at radius 1 is 1.13 bits per heavy atom. The lowest BCUT2D eigenvalue weighted by molar-refractivity contribution is -0.131. The first kappa shape index (κ1) is 18.5. The van der Waals surface area contributed by atoms with E-state index in [4.69, 9.17) is 0 Å². The predicted octanol–water partition coefficient (Wildman–Crippen LogP) is 2.80. The lowest BCUT2D eigenvalue weighted by atomic mass is 10.0. The van der Waals surface area contributed by atoms with Crippen LogP contribution in [0.15, 0.2) is 12.2 Å². The standard InChI is InChI=1S/C19H35N3O/c1-16(2)15-21-12-8-18(9-13-21)20-17(3)14-19(23)22-10-6-4-5-7-11-22/h17-18,20H,1,4-15H2,2-3H3/t17-/m1/s1. The number of nitrogens with one attached hydrogen (secondary N) is 1. The minimum absolute atomic E-state index is 0.281. The number of rotatable bonds is 6. The van der Waals surface area contributed by atoms with Gasteiger partial charge in [-0.15, -0.1) is 0 Å². The van der Waals surface area contributed by atoms with Gasteiger partial charge < -0.3 is 10.2 Å². The largest absolute Gasteiger partial charge is 0.343 e. The van der Waals surface area contributed by atoms with E-state index >= 15 is 0 Å². The zero-order valence-electron chi connectivity index (χ0n) is 15.1. The quantitative estimate of drug-likeness (QED) is 0.764. The summed E-state index contributed by atoms with van der Waals surface area (Å²) in [4.78, 5) is 17.0. The van der Waals surface area contributed by atoms with Gasteiger partial charge in [-0.1, -0.05) is 25.0 Å². The molecule has 0 radical (unpaired) electrons. The molecule has 1 atom stereocenters. The topological polar surface area (TPSA) is 35.6 Å². The van der Waals surface area contributed by atoms with Crippen molar-refractivity contribution in [3.05, 3.63) is 12.2 Å². The summed E-state index contributed by atoms with van der Waals surface area (Å²) in [5.74, 6) is 0.339. The third-order valence-electron chi connectivity index (χ3n) is 5.04. The molecule has 0 aliphatic carbocycles. The Labute approximate surface area is 142 Å². The van der Waals surface area contributed by atoms with Gasteiger partial charge >= 0.3 is 0 Å². The van der Waals surface area contributed by atoms with Gasteiger partial charge in [0.05, 0.1) is 0 Å². The van der Waals surface area contributed by atoms with Gasteiger partial charge in [-0.25, -0.2) is 0 Å². The minimum atomic E-state index is 0.281. The van der Waals surface area contributed by atoms with Crippen molar-refractivity contribution in [3.8, 4) is 0 Å². The smallest absolute Gasteiger partial charge is 0.224 e. The van der Waals surface area contributed by atoms with Gasteiger partial charge in [-0.2, -0.15) is 0 Å². The monoisotopic (exact) mass is 321 g/mol. The number of likely N-dealkylation sites (tertiary alicyclic amines) is 2. The highest BCUT2D eigenvalue weighted by atomic mass is 16.2. The Morgan fingerprint density at radius 3 is 2.30 bits per heavy atom. The number of piperidine rings is 1. The highest BCUT2D eigenvalue weighted by Gasteiger charge is 2.23. The summed E-state index contributed by atoms with van der Waals surface area (Å²) in [6.07, 6.45) is 7.90. The van der Waals surface area contributed by atoms with E-state index in [-0.39, 0.29) is 6.04 Å². The van der Waals surface area contributed by atoms with E-state index in [1.165, 1.54) is 44.1 Å². The van der Waals surface area contributed by atoms with Crippen molar-refractivity contribution in [3.63, 3.8) is 0 Å². The molecule has 2 rings (SSSR count). The highest BCUT2D eigenvalue weighted by Crippen LogP contribution is 2.14. The fourth-order valence-electron chi connectivity index (χ4n) is 3.81. The van der Waals surface area contributed by atoms with Crippen LogP contribution in [0.5, 0.6) is 0 Å². The number of nitrogens with zero attached hydrogens (tertiary/aromatic N) is 2. The van der Waals surface area contributed by atoms with Crippen molar-refractivity contribution in [1.82, 2.24) is 15.1 Å². The van der Waals surface area contributed by atoms with Crippen LogP contribution in [-0.2, 0) is 4.79 Å². The maximum atomic E-state index is 12.4.